The highest BCUT2D eigenvalue weighted by atomic mass is 16.6. The summed E-state index contributed by atoms with van der Waals surface area (Å²) < 4.78 is 21.7. The van der Waals surface area contributed by atoms with Crippen molar-refractivity contribution in [3.8, 4) is 5.75 Å². The lowest BCUT2D eigenvalue weighted by atomic mass is 9.91. The molecule has 1 aliphatic heterocycles. The van der Waals surface area contributed by atoms with Crippen LogP contribution in [0.4, 0.5) is 4.79 Å². The molecule has 0 spiro atoms. The van der Waals surface area contributed by atoms with Gasteiger partial charge >= 0.3 is 24.0 Å². The number of carbonyl (C=O) groups excluding carboxylic acids is 4. The molecule has 0 unspecified atom stereocenters. The predicted molar refractivity (Wildman–Crippen MR) is 124 cm³/mol. The molecule has 35 heavy (non-hydrogen) atoms. The van der Waals surface area contributed by atoms with Gasteiger partial charge in [0.2, 0.25) is 0 Å². The van der Waals surface area contributed by atoms with Crippen molar-refractivity contribution >= 4 is 24.0 Å². The van der Waals surface area contributed by atoms with E-state index in [0.717, 1.165) is 5.56 Å². The summed E-state index contributed by atoms with van der Waals surface area (Å²) >= 11 is 0. The van der Waals surface area contributed by atoms with Gasteiger partial charge in [-0.3, -0.25) is 9.59 Å². The van der Waals surface area contributed by atoms with Crippen molar-refractivity contribution in [3.05, 3.63) is 66.2 Å². The summed E-state index contributed by atoms with van der Waals surface area (Å²) in [6.07, 6.45) is -2.79. The Hall–Kier alpha value is -3.88. The molecule has 1 heterocycles. The second-order valence-electron chi connectivity index (χ2n) is 8.52. The number of para-hydroxylation sites is 1. The Labute approximate surface area is 203 Å². The zero-order valence-electron chi connectivity index (χ0n) is 19.8. The Morgan fingerprint density at radius 1 is 1.00 bits per heavy atom. The molecule has 9 heteroatoms. The zero-order valence-corrected chi connectivity index (χ0v) is 19.8. The van der Waals surface area contributed by atoms with E-state index < -0.39 is 60.7 Å². The van der Waals surface area contributed by atoms with Gasteiger partial charge in [0.05, 0.1) is 5.92 Å². The van der Waals surface area contributed by atoms with Crippen LogP contribution >= 0.6 is 0 Å². The number of ether oxygens (including phenoxy) is 4. The van der Waals surface area contributed by atoms with E-state index in [1.165, 1.54) is 6.92 Å². The van der Waals surface area contributed by atoms with Gasteiger partial charge in [-0.1, -0.05) is 62.4 Å². The molecule has 4 atom stereocenters. The molecule has 0 aliphatic carbocycles. The minimum Gasteiger partial charge on any atom is -0.463 e. The Balaban J connectivity index is 1.80. The number of amides is 1. The van der Waals surface area contributed by atoms with E-state index >= 15 is 0 Å². The second kappa shape index (κ2) is 12.0. The fourth-order valence-corrected chi connectivity index (χ4v) is 3.52. The van der Waals surface area contributed by atoms with Crippen LogP contribution in [0.2, 0.25) is 0 Å². The highest BCUT2D eigenvalue weighted by Crippen LogP contribution is 2.24. The number of rotatable bonds is 6. The minimum absolute atomic E-state index is 0.200. The van der Waals surface area contributed by atoms with Crippen molar-refractivity contribution in [1.82, 2.24) is 5.32 Å². The molecule has 1 fully saturated rings. The largest absolute Gasteiger partial charge is 0.463 e. The lowest BCUT2D eigenvalue weighted by Gasteiger charge is -2.29. The van der Waals surface area contributed by atoms with Gasteiger partial charge in [0, 0.05) is 0 Å². The number of cyclic esters (lactones) is 2. The molecule has 2 aromatic rings. The third kappa shape index (κ3) is 7.30. The molecule has 0 bridgehead atoms. The molecule has 0 aromatic heterocycles. The smallest absolute Gasteiger partial charge is 0.413 e. The first-order valence-electron chi connectivity index (χ1n) is 11.4. The van der Waals surface area contributed by atoms with Crippen LogP contribution in [0, 0.1) is 11.8 Å². The van der Waals surface area contributed by atoms with Crippen LogP contribution in [-0.4, -0.2) is 48.9 Å². The molecule has 1 aliphatic rings. The number of hydrogen-bond donors (Lipinski definition) is 1. The number of esters is 3. The monoisotopic (exact) mass is 483 g/mol. The Kier molecular flexibility index (Phi) is 8.83. The van der Waals surface area contributed by atoms with Gasteiger partial charge in [-0.2, -0.15) is 0 Å². The van der Waals surface area contributed by atoms with Gasteiger partial charge in [0.15, 0.2) is 12.1 Å². The number of carbonyl (C=O) groups is 4. The van der Waals surface area contributed by atoms with Gasteiger partial charge in [0.25, 0.3) is 0 Å². The van der Waals surface area contributed by atoms with E-state index in [0.29, 0.717) is 0 Å². The Bertz CT molecular complexity index is 1020. The highest BCUT2D eigenvalue weighted by molar-refractivity contribution is 5.83. The van der Waals surface area contributed by atoms with Crippen LogP contribution in [0.3, 0.4) is 0 Å². The maximum absolute atomic E-state index is 13.1. The third-order valence-corrected chi connectivity index (χ3v) is 5.41. The molecule has 186 valence electrons. The minimum atomic E-state index is -1.31. The zero-order chi connectivity index (χ0) is 25.4. The van der Waals surface area contributed by atoms with Gasteiger partial charge in [-0.05, 0) is 31.0 Å². The molecular weight excluding hydrogens is 454 g/mol. The second-order valence-corrected chi connectivity index (χ2v) is 8.52. The average Bonchev–Trinajstić information content (AvgIpc) is 2.87. The summed E-state index contributed by atoms with van der Waals surface area (Å²) in [6.45, 7) is 4.39. The quantitative estimate of drug-likeness (QED) is 0.492. The van der Waals surface area contributed by atoms with Crippen LogP contribution in [0.1, 0.15) is 26.3 Å². The van der Waals surface area contributed by atoms with Crippen molar-refractivity contribution in [2.45, 2.75) is 45.4 Å². The van der Waals surface area contributed by atoms with E-state index in [4.69, 9.17) is 18.9 Å². The van der Waals surface area contributed by atoms with E-state index in [1.54, 1.807) is 44.2 Å². The topological polar surface area (TPSA) is 117 Å². The number of nitrogens with one attached hydrogen (secondary N) is 1. The molecule has 0 radical (unpaired) electrons. The maximum atomic E-state index is 13.1. The first-order valence-corrected chi connectivity index (χ1v) is 11.4. The van der Waals surface area contributed by atoms with Crippen molar-refractivity contribution in [2.24, 2.45) is 11.8 Å². The number of hydrogen-bond acceptors (Lipinski definition) is 8. The van der Waals surface area contributed by atoms with Crippen LogP contribution < -0.4 is 10.1 Å². The molecular formula is C26H29NO8. The molecule has 9 nitrogen and oxygen atoms in total. The van der Waals surface area contributed by atoms with E-state index in [-0.39, 0.29) is 12.2 Å². The summed E-state index contributed by atoms with van der Waals surface area (Å²) in [5, 5.41) is 2.37. The van der Waals surface area contributed by atoms with E-state index in [9.17, 15) is 19.2 Å². The van der Waals surface area contributed by atoms with Gasteiger partial charge in [-0.25, -0.2) is 9.59 Å². The summed E-state index contributed by atoms with van der Waals surface area (Å²) in [7, 11) is 0. The molecule has 0 saturated carbocycles. The van der Waals surface area contributed by atoms with Gasteiger partial charge in [0.1, 0.15) is 24.4 Å². The molecule has 3 rings (SSSR count). The summed E-state index contributed by atoms with van der Waals surface area (Å²) in [4.78, 5) is 50.7. The summed E-state index contributed by atoms with van der Waals surface area (Å²) in [6, 6.07) is 16.1. The SMILES string of the molecule is CC(C)C(=O)O[C@H]1[C@H](C)OC(=O)[C@@H](NC(=O)Oc2ccccc2)COC(=O)[C@@H]1Cc1ccccc1. The maximum Gasteiger partial charge on any atom is 0.413 e. The highest BCUT2D eigenvalue weighted by Gasteiger charge is 2.42. The lowest BCUT2D eigenvalue weighted by Crippen LogP contribution is -2.47. The molecule has 1 amide bonds. The van der Waals surface area contributed by atoms with Crippen LogP contribution in [0.5, 0.6) is 5.75 Å². The lowest BCUT2D eigenvalue weighted by molar-refractivity contribution is -0.176. The predicted octanol–water partition coefficient (Wildman–Crippen LogP) is 3.06. The molecule has 1 N–H and O–H groups in total. The van der Waals surface area contributed by atoms with Crippen molar-refractivity contribution < 1.29 is 38.1 Å². The first kappa shape index (κ1) is 25.7. The standard InChI is InChI=1S/C26H29NO8/c1-16(2)23(28)35-22-17(3)33-25(30)21(27-26(31)34-19-12-8-5-9-13-19)15-32-24(29)20(22)14-18-10-6-4-7-11-18/h4-13,16-17,20-22H,14-15H2,1-3H3,(H,27,31)/t17-,20+,21-,22-/m0/s1. The Morgan fingerprint density at radius 2 is 1.63 bits per heavy atom. The first-order chi connectivity index (χ1) is 16.7. The van der Waals surface area contributed by atoms with E-state index in [1.807, 2.05) is 30.3 Å². The number of benzene rings is 2. The fraction of sp³-hybridized carbons (Fsp3) is 0.385. The normalized spacial score (nSPS) is 22.6. The molecule has 1 saturated heterocycles. The summed E-state index contributed by atoms with van der Waals surface area (Å²) in [5.41, 5.74) is 0.818. The van der Waals surface area contributed by atoms with Crippen LogP contribution in [-0.2, 0) is 35.0 Å². The summed E-state index contributed by atoms with van der Waals surface area (Å²) in [5.74, 6) is -3.18. The fourth-order valence-electron chi connectivity index (χ4n) is 3.52. The van der Waals surface area contributed by atoms with Crippen LogP contribution in [0.25, 0.3) is 0 Å². The Morgan fingerprint density at radius 3 is 2.26 bits per heavy atom. The van der Waals surface area contributed by atoms with E-state index in [2.05, 4.69) is 5.32 Å². The van der Waals surface area contributed by atoms with Crippen molar-refractivity contribution in [1.29, 1.82) is 0 Å². The van der Waals surface area contributed by atoms with Crippen molar-refractivity contribution in [3.63, 3.8) is 0 Å². The average molecular weight is 484 g/mol. The van der Waals surface area contributed by atoms with Crippen LogP contribution in [0.15, 0.2) is 60.7 Å². The van der Waals surface area contributed by atoms with Gasteiger partial charge in [-0.15, -0.1) is 0 Å². The molecule has 2 aromatic carbocycles. The third-order valence-electron chi connectivity index (χ3n) is 5.41. The van der Waals surface area contributed by atoms with Crippen molar-refractivity contribution in [2.75, 3.05) is 6.61 Å². The van der Waals surface area contributed by atoms with Gasteiger partial charge < -0.3 is 24.3 Å².